The van der Waals surface area contributed by atoms with Gasteiger partial charge in [-0.2, -0.15) is 5.10 Å². The van der Waals surface area contributed by atoms with Gasteiger partial charge in [0.25, 0.3) is 11.8 Å². The quantitative estimate of drug-likeness (QED) is 0.159. The SMILES string of the molecule is CCC(CC)(CN)NC(=O)c1ccc(-n2nc(C(=O)NC3(C(=O)O)C4CC5CC(C4)CC3C5)cc2-c2c(OC)cccc2OC)cc1C(C)C.Cl. The molecule has 0 radical (unpaired) electrons. The van der Waals surface area contributed by atoms with Crippen LogP contribution >= 0.6 is 12.4 Å². The van der Waals surface area contributed by atoms with Crippen LogP contribution in [0.2, 0.25) is 0 Å². The molecule has 4 aliphatic rings. The fourth-order valence-electron chi connectivity index (χ4n) is 9.20. The second-order valence-electron chi connectivity index (χ2n) is 14.9. The second-order valence-corrected chi connectivity index (χ2v) is 14.9. The summed E-state index contributed by atoms with van der Waals surface area (Å²) in [5.41, 5.74) is 7.40. The van der Waals surface area contributed by atoms with Crippen molar-refractivity contribution in [3.8, 4) is 28.4 Å². The number of hydrogen-bond acceptors (Lipinski definition) is 7. The Kier molecular flexibility index (Phi) is 11.1. The van der Waals surface area contributed by atoms with Gasteiger partial charge in [-0.3, -0.25) is 9.59 Å². The van der Waals surface area contributed by atoms with Crippen molar-refractivity contribution >= 4 is 30.2 Å². The van der Waals surface area contributed by atoms with Gasteiger partial charge in [-0.25, -0.2) is 9.48 Å². The van der Waals surface area contributed by atoms with E-state index in [2.05, 4.69) is 10.6 Å². The average Bonchev–Trinajstić information content (AvgIpc) is 3.56. The number of carbonyl (C=O) groups excluding carboxylic acids is 2. The molecule has 11 nitrogen and oxygen atoms in total. The zero-order valence-corrected chi connectivity index (χ0v) is 31.3. The Bertz CT molecular complexity index is 1720. The first-order chi connectivity index (χ1) is 23.9. The highest BCUT2D eigenvalue weighted by Crippen LogP contribution is 2.58. The Labute approximate surface area is 306 Å². The van der Waals surface area contributed by atoms with Crippen LogP contribution in [0.25, 0.3) is 16.9 Å². The molecule has 1 heterocycles. The third-order valence-electron chi connectivity index (χ3n) is 12.0. The Morgan fingerprint density at radius 3 is 2.04 bits per heavy atom. The summed E-state index contributed by atoms with van der Waals surface area (Å²) in [6, 6.07) is 12.6. The van der Waals surface area contributed by atoms with E-state index in [0.29, 0.717) is 65.2 Å². The number of nitrogens with two attached hydrogens (primary N) is 1. The smallest absolute Gasteiger partial charge is 0.330 e. The number of aromatic nitrogens is 2. The number of methoxy groups -OCH3 is 2. The number of aliphatic carboxylic acids is 1. The summed E-state index contributed by atoms with van der Waals surface area (Å²) in [5, 5.41) is 21.8. The minimum Gasteiger partial charge on any atom is -0.496 e. The van der Waals surface area contributed by atoms with E-state index in [9.17, 15) is 19.5 Å². The number of carboxylic acid groups (broad SMARTS) is 1. The van der Waals surface area contributed by atoms with Crippen LogP contribution in [0.3, 0.4) is 0 Å². The van der Waals surface area contributed by atoms with Crippen LogP contribution < -0.4 is 25.8 Å². The zero-order valence-electron chi connectivity index (χ0n) is 30.5. The van der Waals surface area contributed by atoms with E-state index >= 15 is 0 Å². The van der Waals surface area contributed by atoms with Gasteiger partial charge in [-0.1, -0.05) is 33.8 Å². The molecule has 0 aliphatic heterocycles. The lowest BCUT2D eigenvalue weighted by molar-refractivity contribution is -0.163. The van der Waals surface area contributed by atoms with Crippen molar-refractivity contribution < 1.29 is 29.0 Å². The van der Waals surface area contributed by atoms with Crippen LogP contribution in [0.4, 0.5) is 0 Å². The summed E-state index contributed by atoms with van der Waals surface area (Å²) in [7, 11) is 3.13. The molecule has 0 spiro atoms. The molecular weight excluding hydrogens is 670 g/mol. The average molecular weight is 722 g/mol. The van der Waals surface area contributed by atoms with E-state index in [4.69, 9.17) is 20.3 Å². The van der Waals surface area contributed by atoms with Gasteiger partial charge in [0.1, 0.15) is 17.0 Å². The highest BCUT2D eigenvalue weighted by Gasteiger charge is 2.62. The molecule has 2 aromatic carbocycles. The molecule has 1 aromatic heterocycles. The maximum atomic E-state index is 14.2. The van der Waals surface area contributed by atoms with Crippen molar-refractivity contribution in [3.05, 3.63) is 59.3 Å². The van der Waals surface area contributed by atoms with Gasteiger partial charge in [0.2, 0.25) is 0 Å². The van der Waals surface area contributed by atoms with Crippen LogP contribution in [-0.2, 0) is 4.79 Å². The van der Waals surface area contributed by atoms with Gasteiger partial charge >= 0.3 is 5.97 Å². The number of rotatable bonds is 13. The van der Waals surface area contributed by atoms with Crippen molar-refractivity contribution in [1.82, 2.24) is 20.4 Å². The first-order valence-electron chi connectivity index (χ1n) is 18.0. The standard InChI is InChI=1S/C39H51N5O6.ClH/c1-7-38(8-2,21-40)41-35(45)28-13-12-27(19-29(28)22(3)4)44-31(34-32(49-5)10-9-11-33(34)50-6)20-30(43-44)36(46)42-39(37(47)48)25-15-23-14-24(17-25)18-26(39)16-23;/h9-13,19-20,22-26H,7-8,14-18,21,40H2,1-6H3,(H,41,45)(H,42,46)(H,47,48);1H. The molecule has 4 bridgehead atoms. The van der Waals surface area contributed by atoms with Gasteiger partial charge in [0, 0.05) is 12.1 Å². The van der Waals surface area contributed by atoms with E-state index in [1.165, 1.54) is 0 Å². The lowest BCUT2D eigenvalue weighted by atomic mass is 9.48. The minimum absolute atomic E-state index is 0. The van der Waals surface area contributed by atoms with E-state index in [0.717, 1.165) is 37.7 Å². The van der Waals surface area contributed by atoms with E-state index in [1.54, 1.807) is 49.2 Å². The molecule has 0 unspecified atom stereocenters. The zero-order chi connectivity index (χ0) is 36.0. The molecule has 0 saturated heterocycles. The lowest BCUT2D eigenvalue weighted by Gasteiger charge is -2.59. The number of halogens is 1. The van der Waals surface area contributed by atoms with Crippen LogP contribution in [-0.4, -0.2) is 64.5 Å². The molecule has 4 fully saturated rings. The number of nitrogens with zero attached hydrogens (tertiary/aromatic N) is 2. The highest BCUT2D eigenvalue weighted by molar-refractivity contribution is 5.99. The lowest BCUT2D eigenvalue weighted by Crippen LogP contribution is -2.70. The van der Waals surface area contributed by atoms with Gasteiger partial charge in [0.15, 0.2) is 5.69 Å². The predicted molar refractivity (Wildman–Crippen MR) is 198 cm³/mol. The van der Waals surface area contributed by atoms with Crippen molar-refractivity contribution in [2.24, 2.45) is 29.4 Å². The van der Waals surface area contributed by atoms with Gasteiger partial charge < -0.3 is 30.9 Å². The van der Waals surface area contributed by atoms with Crippen molar-refractivity contribution in [2.75, 3.05) is 20.8 Å². The number of amides is 2. The fraction of sp³-hybridized carbons (Fsp3) is 0.538. The number of hydrogen-bond donors (Lipinski definition) is 4. The van der Waals surface area contributed by atoms with Crippen molar-refractivity contribution in [1.29, 1.82) is 0 Å². The van der Waals surface area contributed by atoms with Crippen LogP contribution in [0.1, 0.15) is 105 Å². The van der Waals surface area contributed by atoms with Crippen molar-refractivity contribution in [2.45, 2.75) is 89.6 Å². The summed E-state index contributed by atoms with van der Waals surface area (Å²) in [6.45, 7) is 8.41. The summed E-state index contributed by atoms with van der Waals surface area (Å²) >= 11 is 0. The Balaban J connectivity index is 0.00000504. The molecule has 4 aliphatic carbocycles. The van der Waals surface area contributed by atoms with E-state index in [-0.39, 0.29) is 41.8 Å². The number of carbonyl (C=O) groups is 3. The van der Waals surface area contributed by atoms with Crippen LogP contribution in [0, 0.1) is 23.7 Å². The first-order valence-corrected chi connectivity index (χ1v) is 18.0. The van der Waals surface area contributed by atoms with Crippen LogP contribution in [0.5, 0.6) is 11.5 Å². The third kappa shape index (κ3) is 6.59. The van der Waals surface area contributed by atoms with Crippen LogP contribution in [0.15, 0.2) is 42.5 Å². The minimum atomic E-state index is -1.33. The topological polar surface area (TPSA) is 158 Å². The van der Waals surface area contributed by atoms with E-state index in [1.807, 2.05) is 39.8 Å². The molecular formula is C39H52ClN5O6. The molecule has 2 amide bonds. The molecule has 276 valence electrons. The molecule has 0 atom stereocenters. The molecule has 3 aromatic rings. The van der Waals surface area contributed by atoms with Crippen molar-refractivity contribution in [3.63, 3.8) is 0 Å². The summed E-state index contributed by atoms with van der Waals surface area (Å²) < 4.78 is 13.2. The fourth-order valence-corrected chi connectivity index (χ4v) is 9.20. The van der Waals surface area contributed by atoms with Gasteiger partial charge in [0.05, 0.1) is 36.7 Å². The molecule has 51 heavy (non-hydrogen) atoms. The Morgan fingerprint density at radius 2 is 1.55 bits per heavy atom. The number of benzene rings is 2. The van der Waals surface area contributed by atoms with E-state index < -0.39 is 23.0 Å². The summed E-state index contributed by atoms with van der Waals surface area (Å²) in [6.07, 6.45) is 5.84. The molecule has 12 heteroatoms. The number of nitrogens with one attached hydrogen (secondary N) is 2. The normalized spacial score (nSPS) is 23.5. The largest absolute Gasteiger partial charge is 0.496 e. The molecule has 7 rings (SSSR count). The first kappa shape index (κ1) is 38.1. The molecule has 5 N–H and O–H groups in total. The van der Waals surface area contributed by atoms with Gasteiger partial charge in [-0.15, -0.1) is 12.4 Å². The second kappa shape index (κ2) is 14.9. The summed E-state index contributed by atoms with van der Waals surface area (Å²) in [4.78, 5) is 41.0. The Morgan fingerprint density at radius 1 is 0.961 bits per heavy atom. The maximum absolute atomic E-state index is 14.2. The predicted octanol–water partition coefficient (Wildman–Crippen LogP) is 6.36. The number of ether oxygens (including phenoxy) is 2. The van der Waals surface area contributed by atoms with Gasteiger partial charge in [-0.05, 0) is 116 Å². The maximum Gasteiger partial charge on any atom is 0.330 e. The highest BCUT2D eigenvalue weighted by atomic mass is 35.5. The number of carboxylic acids is 1. The molecule has 4 saturated carbocycles. The Hall–Kier alpha value is -4.09. The summed E-state index contributed by atoms with van der Waals surface area (Å²) in [5.74, 6) is 0.136. The monoisotopic (exact) mass is 721 g/mol. The third-order valence-corrected chi connectivity index (χ3v) is 12.0.